The van der Waals surface area contributed by atoms with E-state index in [0.717, 1.165) is 26.8 Å². The van der Waals surface area contributed by atoms with Crippen LogP contribution in [0.4, 0.5) is 4.79 Å². The summed E-state index contributed by atoms with van der Waals surface area (Å²) in [5.74, 6) is 0.271. The van der Waals surface area contributed by atoms with Crippen LogP contribution in [0.3, 0.4) is 0 Å². The number of carbonyl (C=O) groups excluding carboxylic acids is 2. The molecular formula is C24H24N2O4. The molecule has 0 aromatic heterocycles. The summed E-state index contributed by atoms with van der Waals surface area (Å²) in [6.07, 6.45) is -1.01. The molecule has 0 saturated carbocycles. The van der Waals surface area contributed by atoms with E-state index in [-0.39, 0.29) is 13.2 Å². The van der Waals surface area contributed by atoms with Crippen LogP contribution >= 0.6 is 0 Å². The number of nitrogens with zero attached hydrogens (tertiary/aromatic N) is 1. The quantitative estimate of drug-likeness (QED) is 0.618. The fourth-order valence-corrected chi connectivity index (χ4v) is 3.87. The van der Waals surface area contributed by atoms with Gasteiger partial charge in [0.15, 0.2) is 0 Å². The molecule has 4 rings (SSSR count). The molecule has 3 aromatic carbocycles. The zero-order valence-electron chi connectivity index (χ0n) is 17.0. The van der Waals surface area contributed by atoms with Gasteiger partial charge in [0.2, 0.25) is 0 Å². The summed E-state index contributed by atoms with van der Waals surface area (Å²) in [7, 11) is 0. The number of β-amino-alcohol motifs (C(OH)–C–C–N with tert-alkyl or cyclic N) is 1. The number of nitrogens with one attached hydrogen (secondary N) is 1. The van der Waals surface area contributed by atoms with Crippen LogP contribution < -0.4 is 10.1 Å². The Bertz CT molecular complexity index is 1110. The molecule has 1 aliphatic rings. The fourth-order valence-electron chi connectivity index (χ4n) is 3.87. The molecule has 2 N–H and O–H groups in total. The Morgan fingerprint density at radius 2 is 1.73 bits per heavy atom. The summed E-state index contributed by atoms with van der Waals surface area (Å²) < 4.78 is 5.65. The number of aliphatic hydroxyl groups is 1. The minimum Gasteiger partial charge on any atom is -0.491 e. The SMILES string of the molecule is Cc1ccccc1OC[C@@H](O)CN1C(=O)N[C@@](C)(c2cccc3ccccc23)C1=O. The van der Waals surface area contributed by atoms with Crippen LogP contribution in [-0.4, -0.2) is 41.2 Å². The average Bonchev–Trinajstić information content (AvgIpc) is 2.96. The maximum atomic E-state index is 13.2. The highest BCUT2D eigenvalue weighted by atomic mass is 16.5. The molecule has 3 aromatic rings. The standard InChI is InChI=1S/C24H24N2O4/c1-16-8-3-6-13-21(16)30-15-18(27)14-26-22(28)24(2,25-23(26)29)20-12-7-10-17-9-4-5-11-19(17)20/h3-13,18,27H,14-15H2,1-2H3,(H,25,29)/t18-,24-/m0/s1. The first-order valence-corrected chi connectivity index (χ1v) is 9.89. The van der Waals surface area contributed by atoms with E-state index in [1.807, 2.05) is 73.7 Å². The van der Waals surface area contributed by atoms with E-state index < -0.39 is 23.6 Å². The Morgan fingerprint density at radius 3 is 2.53 bits per heavy atom. The molecular weight excluding hydrogens is 380 g/mol. The lowest BCUT2D eigenvalue weighted by atomic mass is 9.88. The summed E-state index contributed by atoms with van der Waals surface area (Å²) in [6, 6.07) is 20.4. The number of fused-ring (bicyclic) bond motifs is 1. The molecule has 3 amide bonds. The molecule has 1 fully saturated rings. The number of aliphatic hydroxyl groups excluding tert-OH is 1. The first-order chi connectivity index (χ1) is 14.4. The first kappa shape index (κ1) is 19.9. The number of hydrogen-bond acceptors (Lipinski definition) is 4. The van der Waals surface area contributed by atoms with Crippen LogP contribution in [0.2, 0.25) is 0 Å². The summed E-state index contributed by atoms with van der Waals surface area (Å²) in [5.41, 5.74) is 0.476. The monoisotopic (exact) mass is 404 g/mol. The highest BCUT2D eigenvalue weighted by molar-refractivity contribution is 6.09. The molecule has 0 radical (unpaired) electrons. The van der Waals surface area contributed by atoms with Gasteiger partial charge in [0.1, 0.15) is 24.0 Å². The number of amides is 3. The van der Waals surface area contributed by atoms with Gasteiger partial charge in [0, 0.05) is 0 Å². The van der Waals surface area contributed by atoms with Gasteiger partial charge in [-0.05, 0) is 41.8 Å². The highest BCUT2D eigenvalue weighted by Gasteiger charge is 2.49. The molecule has 1 saturated heterocycles. The summed E-state index contributed by atoms with van der Waals surface area (Å²) >= 11 is 0. The topological polar surface area (TPSA) is 78.9 Å². The van der Waals surface area contributed by atoms with E-state index >= 15 is 0 Å². The predicted molar refractivity (Wildman–Crippen MR) is 114 cm³/mol. The molecule has 2 atom stereocenters. The van der Waals surface area contributed by atoms with Gasteiger partial charge in [-0.1, -0.05) is 60.7 Å². The van der Waals surface area contributed by atoms with Crippen molar-refractivity contribution in [1.82, 2.24) is 10.2 Å². The molecule has 6 nitrogen and oxygen atoms in total. The van der Waals surface area contributed by atoms with Gasteiger partial charge >= 0.3 is 6.03 Å². The van der Waals surface area contributed by atoms with Crippen molar-refractivity contribution < 1.29 is 19.4 Å². The van der Waals surface area contributed by atoms with Gasteiger partial charge in [0.25, 0.3) is 5.91 Å². The number of rotatable bonds is 6. The van der Waals surface area contributed by atoms with Crippen molar-refractivity contribution in [3.8, 4) is 5.75 Å². The van der Waals surface area contributed by atoms with Gasteiger partial charge in [-0.15, -0.1) is 0 Å². The molecule has 0 spiro atoms. The Labute approximate surface area is 175 Å². The predicted octanol–water partition coefficient (Wildman–Crippen LogP) is 3.36. The van der Waals surface area contributed by atoms with Crippen LogP contribution in [0.15, 0.2) is 66.7 Å². The zero-order valence-corrected chi connectivity index (χ0v) is 17.0. The number of urea groups is 1. The Morgan fingerprint density at radius 1 is 1.03 bits per heavy atom. The van der Waals surface area contributed by atoms with Crippen LogP contribution in [0, 0.1) is 6.92 Å². The van der Waals surface area contributed by atoms with E-state index in [2.05, 4.69) is 5.32 Å². The normalized spacial score (nSPS) is 19.8. The Hall–Kier alpha value is -3.38. The smallest absolute Gasteiger partial charge is 0.325 e. The molecule has 30 heavy (non-hydrogen) atoms. The third-order valence-electron chi connectivity index (χ3n) is 5.52. The third kappa shape index (κ3) is 3.50. The van der Waals surface area contributed by atoms with E-state index in [4.69, 9.17) is 4.74 Å². The number of carbonyl (C=O) groups is 2. The first-order valence-electron chi connectivity index (χ1n) is 9.89. The van der Waals surface area contributed by atoms with E-state index in [1.165, 1.54) is 0 Å². The largest absolute Gasteiger partial charge is 0.491 e. The van der Waals surface area contributed by atoms with Crippen molar-refractivity contribution in [3.63, 3.8) is 0 Å². The number of ether oxygens (including phenoxy) is 1. The summed E-state index contributed by atoms with van der Waals surface area (Å²) in [5, 5.41) is 15.1. The fraction of sp³-hybridized carbons (Fsp3) is 0.250. The Kier molecular flexibility index (Phi) is 5.18. The van der Waals surface area contributed by atoms with Crippen molar-refractivity contribution in [3.05, 3.63) is 77.9 Å². The number of hydrogen-bond donors (Lipinski definition) is 2. The summed E-state index contributed by atoms with van der Waals surface area (Å²) in [4.78, 5) is 26.9. The number of benzene rings is 3. The number of para-hydroxylation sites is 1. The van der Waals surface area contributed by atoms with Gasteiger partial charge < -0.3 is 15.2 Å². The van der Waals surface area contributed by atoms with Gasteiger partial charge in [-0.2, -0.15) is 0 Å². The van der Waals surface area contributed by atoms with Crippen molar-refractivity contribution in [2.24, 2.45) is 0 Å². The van der Waals surface area contributed by atoms with Gasteiger partial charge in [0.05, 0.1) is 6.54 Å². The van der Waals surface area contributed by atoms with Crippen LogP contribution in [0.1, 0.15) is 18.1 Å². The van der Waals surface area contributed by atoms with Crippen molar-refractivity contribution >= 4 is 22.7 Å². The maximum Gasteiger partial charge on any atom is 0.325 e. The van der Waals surface area contributed by atoms with Crippen LogP contribution in [0.5, 0.6) is 5.75 Å². The van der Waals surface area contributed by atoms with E-state index in [0.29, 0.717) is 5.75 Å². The second kappa shape index (κ2) is 7.80. The van der Waals surface area contributed by atoms with Gasteiger partial charge in [-0.25, -0.2) is 4.79 Å². The lowest BCUT2D eigenvalue weighted by molar-refractivity contribution is -0.132. The summed E-state index contributed by atoms with van der Waals surface area (Å²) in [6.45, 7) is 3.45. The molecule has 0 bridgehead atoms. The van der Waals surface area contributed by atoms with Crippen molar-refractivity contribution in [1.29, 1.82) is 0 Å². The lowest BCUT2D eigenvalue weighted by Crippen LogP contribution is -2.43. The van der Waals surface area contributed by atoms with E-state index in [9.17, 15) is 14.7 Å². The zero-order chi connectivity index (χ0) is 21.3. The molecule has 1 heterocycles. The molecule has 0 unspecified atom stereocenters. The highest BCUT2D eigenvalue weighted by Crippen LogP contribution is 2.33. The van der Waals surface area contributed by atoms with Crippen molar-refractivity contribution in [2.45, 2.75) is 25.5 Å². The van der Waals surface area contributed by atoms with Crippen molar-refractivity contribution in [2.75, 3.05) is 13.2 Å². The minimum absolute atomic E-state index is 0.0209. The second-order valence-corrected chi connectivity index (χ2v) is 7.73. The third-order valence-corrected chi connectivity index (χ3v) is 5.52. The maximum absolute atomic E-state index is 13.2. The molecule has 6 heteroatoms. The molecule has 1 aliphatic heterocycles. The Balaban J connectivity index is 1.51. The number of imide groups is 1. The van der Waals surface area contributed by atoms with Crippen LogP contribution in [0.25, 0.3) is 10.8 Å². The second-order valence-electron chi connectivity index (χ2n) is 7.73. The van der Waals surface area contributed by atoms with Crippen LogP contribution in [-0.2, 0) is 10.3 Å². The molecule has 0 aliphatic carbocycles. The number of aryl methyl sites for hydroxylation is 1. The lowest BCUT2D eigenvalue weighted by Gasteiger charge is -2.24. The van der Waals surface area contributed by atoms with E-state index in [1.54, 1.807) is 6.92 Å². The average molecular weight is 404 g/mol. The minimum atomic E-state index is -1.20. The molecule has 154 valence electrons. The van der Waals surface area contributed by atoms with Gasteiger partial charge in [-0.3, -0.25) is 9.69 Å².